The standard InChI is InChI=1S/C11H25NO2S/c1-5-7-11(12-6-2)9-15(13,14)8-10(3)4/h10-12H,5-9H2,1-4H3. The first-order chi connectivity index (χ1) is 6.91. The molecule has 0 saturated carbocycles. The number of sulfone groups is 1. The fraction of sp³-hybridized carbons (Fsp3) is 1.00. The van der Waals surface area contributed by atoms with Crippen molar-refractivity contribution in [3.63, 3.8) is 0 Å². The summed E-state index contributed by atoms with van der Waals surface area (Å²) in [7, 11) is -2.89. The molecule has 4 heteroatoms. The lowest BCUT2D eigenvalue weighted by atomic mass is 10.2. The third kappa shape index (κ3) is 7.79. The van der Waals surface area contributed by atoms with Gasteiger partial charge in [0.05, 0.1) is 11.5 Å². The summed E-state index contributed by atoms with van der Waals surface area (Å²) in [6, 6.07) is 0.128. The number of hydrogen-bond donors (Lipinski definition) is 1. The summed E-state index contributed by atoms with van der Waals surface area (Å²) in [4.78, 5) is 0. The molecule has 15 heavy (non-hydrogen) atoms. The van der Waals surface area contributed by atoms with Crippen molar-refractivity contribution in [1.29, 1.82) is 0 Å². The Morgan fingerprint density at radius 3 is 2.13 bits per heavy atom. The van der Waals surface area contributed by atoms with Crippen molar-refractivity contribution in [3.05, 3.63) is 0 Å². The van der Waals surface area contributed by atoms with E-state index in [2.05, 4.69) is 12.2 Å². The quantitative estimate of drug-likeness (QED) is 0.698. The smallest absolute Gasteiger partial charge is 0.152 e. The van der Waals surface area contributed by atoms with Gasteiger partial charge >= 0.3 is 0 Å². The van der Waals surface area contributed by atoms with Crippen molar-refractivity contribution < 1.29 is 8.42 Å². The molecule has 1 N–H and O–H groups in total. The third-order valence-corrected chi connectivity index (χ3v) is 4.26. The highest BCUT2D eigenvalue weighted by molar-refractivity contribution is 7.91. The van der Waals surface area contributed by atoms with Crippen LogP contribution >= 0.6 is 0 Å². The fourth-order valence-electron chi connectivity index (χ4n) is 1.76. The zero-order valence-corrected chi connectivity index (χ0v) is 11.2. The van der Waals surface area contributed by atoms with Crippen LogP contribution in [0.3, 0.4) is 0 Å². The minimum Gasteiger partial charge on any atom is -0.313 e. The summed E-state index contributed by atoms with van der Waals surface area (Å²) < 4.78 is 23.5. The van der Waals surface area contributed by atoms with E-state index in [1.807, 2.05) is 20.8 Å². The predicted octanol–water partition coefficient (Wildman–Crippen LogP) is 1.84. The molecule has 92 valence electrons. The molecule has 0 rings (SSSR count). The molecule has 0 heterocycles. The lowest BCUT2D eigenvalue weighted by Crippen LogP contribution is -2.36. The summed E-state index contributed by atoms with van der Waals surface area (Å²) in [5, 5.41) is 3.23. The minimum atomic E-state index is -2.89. The van der Waals surface area contributed by atoms with E-state index in [-0.39, 0.29) is 17.7 Å². The van der Waals surface area contributed by atoms with Gasteiger partial charge in [-0.2, -0.15) is 0 Å². The van der Waals surface area contributed by atoms with Crippen molar-refractivity contribution in [2.45, 2.75) is 46.6 Å². The second-order valence-electron chi connectivity index (χ2n) is 4.51. The van der Waals surface area contributed by atoms with Gasteiger partial charge in [-0.25, -0.2) is 8.42 Å². The summed E-state index contributed by atoms with van der Waals surface area (Å²) >= 11 is 0. The van der Waals surface area contributed by atoms with Crippen LogP contribution < -0.4 is 5.32 Å². The predicted molar refractivity (Wildman–Crippen MR) is 65.9 cm³/mol. The molecular formula is C11H25NO2S. The summed E-state index contributed by atoms with van der Waals surface area (Å²) in [5.41, 5.74) is 0. The fourth-order valence-corrected chi connectivity index (χ4v) is 3.81. The zero-order valence-electron chi connectivity index (χ0n) is 10.4. The Kier molecular flexibility index (Phi) is 7.18. The van der Waals surface area contributed by atoms with Crippen LogP contribution in [0.15, 0.2) is 0 Å². The molecule has 0 aromatic rings. The van der Waals surface area contributed by atoms with Gasteiger partial charge in [-0.15, -0.1) is 0 Å². The lowest BCUT2D eigenvalue weighted by Gasteiger charge is -2.17. The first-order valence-corrected chi connectivity index (χ1v) is 7.67. The molecule has 1 unspecified atom stereocenters. The minimum absolute atomic E-state index is 0.128. The normalized spacial score (nSPS) is 14.5. The van der Waals surface area contributed by atoms with Gasteiger partial charge < -0.3 is 5.32 Å². The van der Waals surface area contributed by atoms with Crippen molar-refractivity contribution in [3.8, 4) is 0 Å². The van der Waals surface area contributed by atoms with Crippen LogP contribution in [0.2, 0.25) is 0 Å². The van der Waals surface area contributed by atoms with Gasteiger partial charge in [0.1, 0.15) is 0 Å². The Hall–Kier alpha value is -0.0900. The number of rotatable bonds is 8. The lowest BCUT2D eigenvalue weighted by molar-refractivity contribution is 0.509. The molecule has 0 aliphatic carbocycles. The number of nitrogens with one attached hydrogen (secondary N) is 1. The van der Waals surface area contributed by atoms with E-state index in [9.17, 15) is 8.42 Å². The van der Waals surface area contributed by atoms with E-state index < -0.39 is 9.84 Å². The Morgan fingerprint density at radius 2 is 1.73 bits per heavy atom. The summed E-state index contributed by atoms with van der Waals surface area (Å²) in [6.07, 6.45) is 1.96. The van der Waals surface area contributed by atoms with Crippen LogP contribution in [0.4, 0.5) is 0 Å². The molecular weight excluding hydrogens is 210 g/mol. The molecule has 1 atom stereocenters. The molecule has 0 radical (unpaired) electrons. The van der Waals surface area contributed by atoms with E-state index in [1.54, 1.807) is 0 Å². The Morgan fingerprint density at radius 1 is 1.13 bits per heavy atom. The van der Waals surface area contributed by atoms with Crippen molar-refractivity contribution in [2.75, 3.05) is 18.1 Å². The highest BCUT2D eigenvalue weighted by Gasteiger charge is 2.18. The Bertz CT molecular complexity index is 241. The van der Waals surface area contributed by atoms with Crippen molar-refractivity contribution in [2.24, 2.45) is 5.92 Å². The summed E-state index contributed by atoms with van der Waals surface area (Å²) in [5.74, 6) is 0.810. The van der Waals surface area contributed by atoms with E-state index in [0.29, 0.717) is 5.75 Å². The van der Waals surface area contributed by atoms with E-state index in [1.165, 1.54) is 0 Å². The first kappa shape index (κ1) is 14.9. The molecule has 0 saturated heterocycles. The zero-order chi connectivity index (χ0) is 11.9. The average Bonchev–Trinajstić information content (AvgIpc) is 2.01. The maximum absolute atomic E-state index is 11.8. The topological polar surface area (TPSA) is 46.2 Å². The molecule has 0 aliphatic rings. The monoisotopic (exact) mass is 235 g/mol. The van der Waals surface area contributed by atoms with Crippen LogP contribution in [0.5, 0.6) is 0 Å². The first-order valence-electron chi connectivity index (χ1n) is 5.85. The maximum Gasteiger partial charge on any atom is 0.152 e. The molecule has 0 aromatic heterocycles. The highest BCUT2D eigenvalue weighted by atomic mass is 32.2. The molecule has 0 spiro atoms. The van der Waals surface area contributed by atoms with Crippen LogP contribution in [0, 0.1) is 5.92 Å². The van der Waals surface area contributed by atoms with Crippen LogP contribution in [0.1, 0.15) is 40.5 Å². The largest absolute Gasteiger partial charge is 0.313 e. The highest BCUT2D eigenvalue weighted by Crippen LogP contribution is 2.06. The Balaban J connectivity index is 4.24. The molecule has 3 nitrogen and oxygen atoms in total. The van der Waals surface area contributed by atoms with Gasteiger partial charge in [0.25, 0.3) is 0 Å². The van der Waals surface area contributed by atoms with Gasteiger partial charge in [0.15, 0.2) is 9.84 Å². The van der Waals surface area contributed by atoms with Crippen molar-refractivity contribution >= 4 is 9.84 Å². The molecule has 0 bridgehead atoms. The summed E-state index contributed by atoms with van der Waals surface area (Å²) in [6.45, 7) is 8.82. The van der Waals surface area contributed by atoms with E-state index in [4.69, 9.17) is 0 Å². The van der Waals surface area contributed by atoms with Crippen LogP contribution in [0.25, 0.3) is 0 Å². The van der Waals surface area contributed by atoms with Crippen LogP contribution in [-0.4, -0.2) is 32.5 Å². The van der Waals surface area contributed by atoms with Gasteiger partial charge in [-0.05, 0) is 18.9 Å². The van der Waals surface area contributed by atoms with Gasteiger partial charge in [-0.1, -0.05) is 34.1 Å². The maximum atomic E-state index is 11.8. The van der Waals surface area contributed by atoms with Crippen LogP contribution in [-0.2, 0) is 9.84 Å². The average molecular weight is 235 g/mol. The second-order valence-corrected chi connectivity index (χ2v) is 6.67. The van der Waals surface area contributed by atoms with E-state index >= 15 is 0 Å². The molecule has 0 aliphatic heterocycles. The van der Waals surface area contributed by atoms with Gasteiger partial charge in [0.2, 0.25) is 0 Å². The Labute approximate surface area is 94.6 Å². The van der Waals surface area contributed by atoms with E-state index in [0.717, 1.165) is 19.4 Å². The third-order valence-electron chi connectivity index (χ3n) is 2.17. The number of hydrogen-bond acceptors (Lipinski definition) is 3. The second kappa shape index (κ2) is 7.23. The molecule has 0 amide bonds. The van der Waals surface area contributed by atoms with Gasteiger partial charge in [-0.3, -0.25) is 0 Å². The molecule has 0 aromatic carbocycles. The SMILES string of the molecule is CCCC(CS(=O)(=O)CC(C)C)NCC. The molecule has 0 fully saturated rings. The van der Waals surface area contributed by atoms with Gasteiger partial charge in [0, 0.05) is 6.04 Å². The van der Waals surface area contributed by atoms with Crippen molar-refractivity contribution in [1.82, 2.24) is 5.32 Å².